The van der Waals surface area contributed by atoms with Gasteiger partial charge in [0.25, 0.3) is 0 Å². The Morgan fingerprint density at radius 3 is 2.67 bits per heavy atom. The van der Waals surface area contributed by atoms with Crippen molar-refractivity contribution < 1.29 is 4.79 Å². The molecule has 1 aromatic rings. The Balaban J connectivity index is 2.57. The van der Waals surface area contributed by atoms with Gasteiger partial charge in [-0.3, -0.25) is 4.79 Å². The molecule has 1 amide bonds. The van der Waals surface area contributed by atoms with Crippen LogP contribution in [0.15, 0.2) is 24.3 Å². The summed E-state index contributed by atoms with van der Waals surface area (Å²) in [4.78, 5) is 11.1. The fourth-order valence-corrected chi connectivity index (χ4v) is 1.28. The van der Waals surface area contributed by atoms with Gasteiger partial charge in [-0.05, 0) is 11.1 Å². The highest BCUT2D eigenvalue weighted by atomic mass is 16.1. The number of benzene rings is 1. The summed E-state index contributed by atoms with van der Waals surface area (Å²) in [6.07, 6.45) is 5.14. The van der Waals surface area contributed by atoms with Crippen molar-refractivity contribution in [1.29, 1.82) is 0 Å². The number of nitrogens with one attached hydrogen (secondary N) is 1. The highest BCUT2D eigenvalue weighted by Crippen LogP contribution is 2.07. The molecule has 3 nitrogen and oxygen atoms in total. The Bertz CT molecular complexity index is 379. The molecule has 0 heterocycles. The van der Waals surface area contributed by atoms with E-state index >= 15 is 0 Å². The average molecular weight is 202 g/mol. The Kier molecular flexibility index (Phi) is 4.39. The van der Waals surface area contributed by atoms with E-state index in [0.717, 1.165) is 11.1 Å². The molecule has 0 aliphatic rings. The van der Waals surface area contributed by atoms with Crippen LogP contribution in [-0.4, -0.2) is 5.91 Å². The lowest BCUT2D eigenvalue weighted by molar-refractivity contribution is -0.120. The zero-order valence-electron chi connectivity index (χ0n) is 8.49. The van der Waals surface area contributed by atoms with Crippen LogP contribution in [0.4, 0.5) is 0 Å². The molecule has 0 aliphatic heterocycles. The van der Waals surface area contributed by atoms with Gasteiger partial charge >= 0.3 is 0 Å². The molecule has 1 aromatic carbocycles. The third-order valence-corrected chi connectivity index (χ3v) is 2.08. The van der Waals surface area contributed by atoms with E-state index < -0.39 is 0 Å². The fraction of sp³-hybridized carbons (Fsp3) is 0.250. The molecule has 0 spiro atoms. The summed E-state index contributed by atoms with van der Waals surface area (Å²) in [5, 5.41) is 2.74. The average Bonchev–Trinajstić information content (AvgIpc) is 2.27. The number of amides is 1. The number of hydrogen-bond acceptors (Lipinski definition) is 2. The largest absolute Gasteiger partial charge is 0.351 e. The van der Waals surface area contributed by atoms with Gasteiger partial charge in [0.1, 0.15) is 0 Å². The van der Waals surface area contributed by atoms with Crippen LogP contribution in [0.2, 0.25) is 0 Å². The van der Waals surface area contributed by atoms with Crippen molar-refractivity contribution in [2.24, 2.45) is 5.73 Å². The Morgan fingerprint density at radius 2 is 2.07 bits per heavy atom. The SMILES string of the molecule is C#CCC(=O)NCc1ccccc1CN. The molecule has 0 saturated carbocycles. The van der Waals surface area contributed by atoms with Crippen molar-refractivity contribution in [2.45, 2.75) is 19.5 Å². The number of carbonyl (C=O) groups excluding carboxylic acids is 1. The van der Waals surface area contributed by atoms with Crippen LogP contribution in [0.1, 0.15) is 17.5 Å². The molecule has 0 saturated heterocycles. The van der Waals surface area contributed by atoms with E-state index in [1.165, 1.54) is 0 Å². The Hall–Kier alpha value is -1.79. The fourth-order valence-electron chi connectivity index (χ4n) is 1.28. The molecular weight excluding hydrogens is 188 g/mol. The minimum absolute atomic E-state index is 0.116. The molecule has 3 N–H and O–H groups in total. The van der Waals surface area contributed by atoms with Crippen molar-refractivity contribution in [1.82, 2.24) is 5.32 Å². The minimum atomic E-state index is -0.135. The summed E-state index contributed by atoms with van der Waals surface area (Å²) in [5.41, 5.74) is 7.64. The predicted molar refractivity (Wildman–Crippen MR) is 59.6 cm³/mol. The summed E-state index contributed by atoms with van der Waals surface area (Å²) in [5.74, 6) is 2.16. The monoisotopic (exact) mass is 202 g/mol. The van der Waals surface area contributed by atoms with Gasteiger partial charge in [0, 0.05) is 13.1 Å². The van der Waals surface area contributed by atoms with E-state index in [2.05, 4.69) is 11.2 Å². The van der Waals surface area contributed by atoms with Gasteiger partial charge in [-0.25, -0.2) is 0 Å². The zero-order valence-corrected chi connectivity index (χ0v) is 8.49. The first-order chi connectivity index (χ1) is 7.27. The van der Waals surface area contributed by atoms with Crippen LogP contribution >= 0.6 is 0 Å². The molecule has 78 valence electrons. The maximum absolute atomic E-state index is 11.1. The lowest BCUT2D eigenvalue weighted by atomic mass is 10.1. The van der Waals surface area contributed by atoms with E-state index in [1.54, 1.807) is 0 Å². The van der Waals surface area contributed by atoms with Gasteiger partial charge in [-0.15, -0.1) is 6.42 Å². The van der Waals surface area contributed by atoms with Crippen LogP contribution in [-0.2, 0) is 17.9 Å². The minimum Gasteiger partial charge on any atom is -0.351 e. The van der Waals surface area contributed by atoms with Gasteiger partial charge < -0.3 is 11.1 Å². The van der Waals surface area contributed by atoms with Gasteiger partial charge in [0.15, 0.2) is 0 Å². The molecule has 0 fully saturated rings. The first-order valence-electron chi connectivity index (χ1n) is 4.75. The van der Waals surface area contributed by atoms with Crippen LogP contribution < -0.4 is 11.1 Å². The summed E-state index contributed by atoms with van der Waals surface area (Å²) in [6.45, 7) is 0.953. The van der Waals surface area contributed by atoms with Crippen molar-refractivity contribution >= 4 is 5.91 Å². The summed E-state index contributed by atoms with van der Waals surface area (Å²) in [6, 6.07) is 7.73. The standard InChI is InChI=1S/C12H14N2O/c1-2-5-12(15)14-9-11-7-4-3-6-10(11)8-13/h1,3-4,6-7H,5,8-9,13H2,(H,14,15). The summed E-state index contributed by atoms with van der Waals surface area (Å²) >= 11 is 0. The van der Waals surface area contributed by atoms with Gasteiger partial charge in [0.2, 0.25) is 5.91 Å². The van der Waals surface area contributed by atoms with Gasteiger partial charge in [-0.1, -0.05) is 30.2 Å². The first-order valence-corrected chi connectivity index (χ1v) is 4.75. The third-order valence-electron chi connectivity index (χ3n) is 2.08. The highest BCUT2D eigenvalue weighted by molar-refractivity contribution is 5.78. The second-order valence-electron chi connectivity index (χ2n) is 3.13. The molecule has 0 unspecified atom stereocenters. The second-order valence-corrected chi connectivity index (χ2v) is 3.13. The van der Waals surface area contributed by atoms with Gasteiger partial charge in [0.05, 0.1) is 6.42 Å². The quantitative estimate of drug-likeness (QED) is 0.709. The van der Waals surface area contributed by atoms with Crippen molar-refractivity contribution in [3.63, 3.8) is 0 Å². The third kappa shape index (κ3) is 3.45. The zero-order chi connectivity index (χ0) is 11.1. The summed E-state index contributed by atoms with van der Waals surface area (Å²) in [7, 11) is 0. The summed E-state index contributed by atoms with van der Waals surface area (Å²) < 4.78 is 0. The number of rotatable bonds is 4. The number of nitrogens with two attached hydrogens (primary N) is 1. The maximum Gasteiger partial charge on any atom is 0.232 e. The molecule has 0 radical (unpaired) electrons. The lowest BCUT2D eigenvalue weighted by Crippen LogP contribution is -2.22. The van der Waals surface area contributed by atoms with E-state index in [4.69, 9.17) is 12.2 Å². The lowest BCUT2D eigenvalue weighted by Gasteiger charge is -2.07. The maximum atomic E-state index is 11.1. The number of hydrogen-bond donors (Lipinski definition) is 2. The molecule has 0 atom stereocenters. The highest BCUT2D eigenvalue weighted by Gasteiger charge is 2.02. The normalized spacial score (nSPS) is 9.33. The van der Waals surface area contributed by atoms with Crippen LogP contribution in [0.5, 0.6) is 0 Å². The van der Waals surface area contributed by atoms with Crippen LogP contribution in [0.25, 0.3) is 0 Å². The van der Waals surface area contributed by atoms with E-state index in [0.29, 0.717) is 13.1 Å². The molecule has 0 bridgehead atoms. The van der Waals surface area contributed by atoms with Crippen molar-refractivity contribution in [2.75, 3.05) is 0 Å². The Morgan fingerprint density at radius 1 is 1.40 bits per heavy atom. The molecule has 3 heteroatoms. The molecule has 1 rings (SSSR count). The van der Waals surface area contributed by atoms with E-state index in [-0.39, 0.29) is 12.3 Å². The molecular formula is C12H14N2O. The number of terminal acetylenes is 1. The topological polar surface area (TPSA) is 55.1 Å². The van der Waals surface area contributed by atoms with Crippen molar-refractivity contribution in [3.8, 4) is 12.3 Å². The molecule has 0 aromatic heterocycles. The second kappa shape index (κ2) is 5.84. The van der Waals surface area contributed by atoms with Crippen molar-refractivity contribution in [3.05, 3.63) is 35.4 Å². The molecule has 0 aliphatic carbocycles. The van der Waals surface area contributed by atoms with Gasteiger partial charge in [-0.2, -0.15) is 0 Å². The predicted octanol–water partition coefficient (Wildman–Crippen LogP) is 0.785. The van der Waals surface area contributed by atoms with E-state index in [1.807, 2.05) is 24.3 Å². The van der Waals surface area contributed by atoms with Crippen LogP contribution in [0, 0.1) is 12.3 Å². The molecule has 15 heavy (non-hydrogen) atoms. The van der Waals surface area contributed by atoms with E-state index in [9.17, 15) is 4.79 Å². The smallest absolute Gasteiger partial charge is 0.232 e. The first kappa shape index (κ1) is 11.3. The van der Waals surface area contributed by atoms with Crippen LogP contribution in [0.3, 0.4) is 0 Å². The number of carbonyl (C=O) groups is 1. The Labute approximate surface area is 89.7 Å².